The van der Waals surface area contributed by atoms with Crippen molar-refractivity contribution in [2.24, 2.45) is 5.73 Å². The summed E-state index contributed by atoms with van der Waals surface area (Å²) in [5.74, 6) is -0.00964. The van der Waals surface area contributed by atoms with Crippen molar-refractivity contribution in [3.63, 3.8) is 0 Å². The van der Waals surface area contributed by atoms with Gasteiger partial charge in [-0.25, -0.2) is 9.78 Å². The first-order chi connectivity index (χ1) is 7.42. The van der Waals surface area contributed by atoms with Gasteiger partial charge in [-0.2, -0.15) is 0 Å². The van der Waals surface area contributed by atoms with E-state index in [1.807, 2.05) is 13.8 Å². The van der Waals surface area contributed by atoms with Crippen LogP contribution in [0, 0.1) is 0 Å². The van der Waals surface area contributed by atoms with Gasteiger partial charge < -0.3 is 15.8 Å². The number of aromatic nitrogens is 2. The van der Waals surface area contributed by atoms with Crippen molar-refractivity contribution in [3.05, 3.63) is 18.1 Å². The number of anilines is 1. The Morgan fingerprint density at radius 2 is 2.25 bits per heavy atom. The smallest absolute Gasteiger partial charge is 0.358 e. The van der Waals surface area contributed by atoms with Crippen LogP contribution in [-0.2, 0) is 4.74 Å². The molecule has 0 spiro atoms. The third-order valence-electron chi connectivity index (χ3n) is 1.75. The number of hydrogen-bond donors (Lipinski definition) is 2. The van der Waals surface area contributed by atoms with Crippen molar-refractivity contribution < 1.29 is 9.53 Å². The largest absolute Gasteiger partial charge is 0.464 e. The highest BCUT2D eigenvalue weighted by molar-refractivity contribution is 5.87. The molecule has 0 fully saturated rings. The molecule has 0 atom stereocenters. The van der Waals surface area contributed by atoms with Crippen LogP contribution in [0.5, 0.6) is 0 Å². The quantitative estimate of drug-likeness (QED) is 0.720. The van der Waals surface area contributed by atoms with Crippen LogP contribution < -0.4 is 11.1 Å². The first-order valence-electron chi connectivity index (χ1n) is 4.85. The molecule has 1 aromatic rings. The van der Waals surface area contributed by atoms with Crippen LogP contribution in [0.2, 0.25) is 0 Å². The van der Waals surface area contributed by atoms with E-state index in [-0.39, 0.29) is 11.2 Å². The van der Waals surface area contributed by atoms with Crippen LogP contribution in [0.25, 0.3) is 0 Å². The topological polar surface area (TPSA) is 90.1 Å². The Morgan fingerprint density at radius 3 is 2.81 bits per heavy atom. The molecule has 0 bridgehead atoms. The molecule has 1 rings (SSSR count). The molecular formula is C10H16N4O2. The minimum Gasteiger partial charge on any atom is -0.464 e. The number of carbonyl (C=O) groups is 1. The molecule has 6 nitrogen and oxygen atoms in total. The lowest BCUT2D eigenvalue weighted by atomic mass is 10.1. The first-order valence-corrected chi connectivity index (χ1v) is 4.85. The van der Waals surface area contributed by atoms with Gasteiger partial charge in [0.15, 0.2) is 5.69 Å². The maximum atomic E-state index is 11.2. The lowest BCUT2D eigenvalue weighted by molar-refractivity contribution is 0.0593. The Labute approximate surface area is 94.2 Å². The second kappa shape index (κ2) is 4.89. The number of nitrogens with zero attached hydrogens (tertiary/aromatic N) is 2. The van der Waals surface area contributed by atoms with E-state index in [1.54, 1.807) is 0 Å². The van der Waals surface area contributed by atoms with E-state index in [1.165, 1.54) is 19.5 Å². The molecule has 0 unspecified atom stereocenters. The van der Waals surface area contributed by atoms with Gasteiger partial charge in [0.25, 0.3) is 0 Å². The van der Waals surface area contributed by atoms with E-state index in [0.717, 1.165) is 0 Å². The van der Waals surface area contributed by atoms with Gasteiger partial charge in [0.1, 0.15) is 5.82 Å². The fourth-order valence-corrected chi connectivity index (χ4v) is 0.972. The molecule has 6 heteroatoms. The molecule has 0 saturated heterocycles. The number of carbonyl (C=O) groups excluding carboxylic acids is 1. The zero-order valence-corrected chi connectivity index (χ0v) is 9.65. The van der Waals surface area contributed by atoms with E-state index in [2.05, 4.69) is 20.0 Å². The third-order valence-corrected chi connectivity index (χ3v) is 1.75. The Balaban J connectivity index is 2.71. The fraction of sp³-hybridized carbons (Fsp3) is 0.500. The summed E-state index contributed by atoms with van der Waals surface area (Å²) < 4.78 is 4.54. The summed E-state index contributed by atoms with van der Waals surface area (Å²) in [5.41, 5.74) is 5.62. The average molecular weight is 224 g/mol. The van der Waals surface area contributed by atoms with Crippen molar-refractivity contribution in [2.75, 3.05) is 19.0 Å². The van der Waals surface area contributed by atoms with Gasteiger partial charge in [-0.15, -0.1) is 0 Å². The third kappa shape index (κ3) is 3.82. The molecule has 0 amide bonds. The number of nitrogens with two attached hydrogens (primary N) is 1. The molecule has 0 aromatic carbocycles. The van der Waals surface area contributed by atoms with Crippen molar-refractivity contribution in [2.45, 2.75) is 19.4 Å². The molecule has 16 heavy (non-hydrogen) atoms. The van der Waals surface area contributed by atoms with Crippen LogP contribution in [0.3, 0.4) is 0 Å². The summed E-state index contributed by atoms with van der Waals surface area (Å²) in [6, 6.07) is 0. The standard InChI is InChI=1S/C10H16N4O2/c1-10(2,11)6-13-8-5-12-4-7(14-8)9(15)16-3/h4-5H,6,11H2,1-3H3,(H,13,14). The predicted molar refractivity (Wildman–Crippen MR) is 60.1 cm³/mol. The van der Waals surface area contributed by atoms with Crippen molar-refractivity contribution in [1.29, 1.82) is 0 Å². The molecule has 0 radical (unpaired) electrons. The van der Waals surface area contributed by atoms with Crippen LogP contribution >= 0.6 is 0 Å². The monoisotopic (exact) mass is 224 g/mol. The van der Waals surface area contributed by atoms with E-state index in [9.17, 15) is 4.79 Å². The van der Waals surface area contributed by atoms with Gasteiger partial charge in [0.2, 0.25) is 0 Å². The number of ether oxygens (including phenoxy) is 1. The zero-order valence-electron chi connectivity index (χ0n) is 9.65. The van der Waals surface area contributed by atoms with Crippen molar-refractivity contribution in [1.82, 2.24) is 9.97 Å². The highest BCUT2D eigenvalue weighted by Gasteiger charge is 2.12. The summed E-state index contributed by atoms with van der Waals surface area (Å²) in [6.07, 6.45) is 2.88. The Morgan fingerprint density at radius 1 is 1.56 bits per heavy atom. The minimum atomic E-state index is -0.511. The Kier molecular flexibility index (Phi) is 3.78. The summed E-state index contributed by atoms with van der Waals surface area (Å²) in [5, 5.41) is 3.00. The lowest BCUT2D eigenvalue weighted by Gasteiger charge is -2.19. The molecule has 1 aromatic heterocycles. The van der Waals surface area contributed by atoms with E-state index < -0.39 is 5.97 Å². The Bertz CT molecular complexity index is 373. The molecule has 1 heterocycles. The average Bonchev–Trinajstić information content (AvgIpc) is 2.25. The van der Waals surface area contributed by atoms with Gasteiger partial charge in [0, 0.05) is 12.1 Å². The number of nitrogens with one attached hydrogen (secondary N) is 1. The number of rotatable bonds is 4. The Hall–Kier alpha value is -1.69. The number of esters is 1. The van der Waals surface area contributed by atoms with Crippen LogP contribution in [0.1, 0.15) is 24.3 Å². The minimum absolute atomic E-state index is 0.169. The van der Waals surface area contributed by atoms with Gasteiger partial charge in [0.05, 0.1) is 19.5 Å². The van der Waals surface area contributed by atoms with Gasteiger partial charge in [-0.3, -0.25) is 4.98 Å². The molecule has 0 aliphatic carbocycles. The van der Waals surface area contributed by atoms with Crippen LogP contribution in [-0.4, -0.2) is 35.1 Å². The van der Waals surface area contributed by atoms with Crippen molar-refractivity contribution in [3.8, 4) is 0 Å². The molecule has 0 saturated carbocycles. The fourth-order valence-electron chi connectivity index (χ4n) is 0.972. The van der Waals surface area contributed by atoms with Gasteiger partial charge in [-0.05, 0) is 13.8 Å². The van der Waals surface area contributed by atoms with E-state index >= 15 is 0 Å². The second-order valence-electron chi connectivity index (χ2n) is 4.12. The highest BCUT2D eigenvalue weighted by atomic mass is 16.5. The second-order valence-corrected chi connectivity index (χ2v) is 4.12. The van der Waals surface area contributed by atoms with Gasteiger partial charge >= 0.3 is 5.97 Å². The predicted octanol–water partition coefficient (Wildman–Crippen LogP) is 0.412. The van der Waals surface area contributed by atoms with Gasteiger partial charge in [-0.1, -0.05) is 0 Å². The molecule has 3 N–H and O–H groups in total. The number of methoxy groups -OCH3 is 1. The maximum absolute atomic E-state index is 11.2. The summed E-state index contributed by atoms with van der Waals surface area (Å²) in [7, 11) is 1.30. The molecule has 88 valence electrons. The lowest BCUT2D eigenvalue weighted by Crippen LogP contribution is -2.39. The van der Waals surface area contributed by atoms with Crippen LogP contribution in [0.4, 0.5) is 5.82 Å². The first kappa shape index (κ1) is 12.4. The molecule has 0 aliphatic rings. The summed E-state index contributed by atoms with van der Waals surface area (Å²) in [6.45, 7) is 4.31. The molecule has 0 aliphatic heterocycles. The van der Waals surface area contributed by atoms with Crippen LogP contribution in [0.15, 0.2) is 12.4 Å². The normalized spacial score (nSPS) is 11.0. The number of hydrogen-bond acceptors (Lipinski definition) is 6. The molecular weight excluding hydrogens is 208 g/mol. The SMILES string of the molecule is COC(=O)c1cncc(NCC(C)(C)N)n1. The maximum Gasteiger partial charge on any atom is 0.358 e. The summed E-state index contributed by atoms with van der Waals surface area (Å²) in [4.78, 5) is 19.1. The highest BCUT2D eigenvalue weighted by Crippen LogP contribution is 2.05. The van der Waals surface area contributed by atoms with Crippen molar-refractivity contribution >= 4 is 11.8 Å². The van der Waals surface area contributed by atoms with E-state index in [4.69, 9.17) is 5.73 Å². The zero-order chi connectivity index (χ0) is 12.2. The summed E-state index contributed by atoms with van der Waals surface area (Å²) >= 11 is 0. The van der Waals surface area contributed by atoms with E-state index in [0.29, 0.717) is 12.4 Å².